The lowest BCUT2D eigenvalue weighted by molar-refractivity contribution is -0.143. The van der Waals surface area contributed by atoms with Crippen molar-refractivity contribution in [1.29, 1.82) is 0 Å². The average molecular weight is 751 g/mol. The zero-order valence-corrected chi connectivity index (χ0v) is 29.6. The number of rotatable bonds is 15. The summed E-state index contributed by atoms with van der Waals surface area (Å²) in [6.07, 6.45) is 1.52. The molecule has 6 rings (SSSR count). The first kappa shape index (κ1) is 37.0. The minimum Gasteiger partial charge on any atom is -0.481 e. The molecule has 2 aliphatic rings. The van der Waals surface area contributed by atoms with E-state index in [1.807, 2.05) is 30.3 Å². The number of nitrogens with one attached hydrogen (secondary N) is 3. The van der Waals surface area contributed by atoms with Crippen LogP contribution in [0.1, 0.15) is 51.6 Å². The Morgan fingerprint density at radius 2 is 1.83 bits per heavy atom. The van der Waals surface area contributed by atoms with Gasteiger partial charge in [0.25, 0.3) is 5.91 Å². The summed E-state index contributed by atoms with van der Waals surface area (Å²) in [6.45, 7) is 0.854. The van der Waals surface area contributed by atoms with Crippen LogP contribution in [0.4, 0.5) is 5.82 Å². The van der Waals surface area contributed by atoms with Gasteiger partial charge in [-0.2, -0.15) is 4.98 Å². The van der Waals surface area contributed by atoms with Gasteiger partial charge in [-0.15, -0.1) is 0 Å². The third kappa shape index (κ3) is 8.14. The summed E-state index contributed by atoms with van der Waals surface area (Å²) in [6, 6.07) is 15.7. The number of benzene rings is 2. The van der Waals surface area contributed by atoms with Crippen molar-refractivity contribution in [2.45, 2.75) is 50.5 Å². The summed E-state index contributed by atoms with van der Waals surface area (Å²) < 4.78 is 11.8. The number of carboxylic acids is 2. The van der Waals surface area contributed by atoms with Gasteiger partial charge in [-0.3, -0.25) is 14.4 Å². The fraction of sp³-hybridized carbons (Fsp3) is 0.324. The van der Waals surface area contributed by atoms with Crippen LogP contribution in [0.2, 0.25) is 10.0 Å². The molecule has 2 unspecified atom stereocenters. The van der Waals surface area contributed by atoms with Gasteiger partial charge in [0.2, 0.25) is 11.8 Å². The zero-order chi connectivity index (χ0) is 36.9. The first-order valence-electron chi connectivity index (χ1n) is 16.7. The summed E-state index contributed by atoms with van der Waals surface area (Å²) in [5.74, 6) is -1.74. The van der Waals surface area contributed by atoms with E-state index in [0.717, 1.165) is 22.3 Å². The number of carbonyl (C=O) groups is 3. The molecule has 3 heterocycles. The highest BCUT2D eigenvalue weighted by Crippen LogP contribution is 2.43. The van der Waals surface area contributed by atoms with Gasteiger partial charge in [-0.25, -0.2) is 4.98 Å². The second-order valence-corrected chi connectivity index (χ2v) is 13.5. The highest BCUT2D eigenvalue weighted by atomic mass is 35.5. The van der Waals surface area contributed by atoms with E-state index in [1.54, 1.807) is 30.5 Å². The van der Waals surface area contributed by atoms with E-state index in [1.165, 1.54) is 7.11 Å². The molecular weight excluding hydrogens is 713 g/mol. The number of hydrogen-bond acceptors (Lipinski definition) is 10. The van der Waals surface area contributed by atoms with Gasteiger partial charge < -0.3 is 40.7 Å². The second-order valence-electron chi connectivity index (χ2n) is 12.7. The van der Waals surface area contributed by atoms with Crippen LogP contribution >= 0.6 is 23.2 Å². The van der Waals surface area contributed by atoms with Crippen molar-refractivity contribution in [3.8, 4) is 22.9 Å². The van der Waals surface area contributed by atoms with E-state index in [-0.39, 0.29) is 58.9 Å². The highest BCUT2D eigenvalue weighted by Gasteiger charge is 2.36. The molecule has 0 saturated carbocycles. The van der Waals surface area contributed by atoms with Gasteiger partial charge >= 0.3 is 11.9 Å². The maximum atomic E-state index is 13.6. The van der Waals surface area contributed by atoms with Crippen LogP contribution in [0.3, 0.4) is 0 Å². The molecular formula is C37H37Cl2N5O8. The predicted molar refractivity (Wildman–Crippen MR) is 193 cm³/mol. The van der Waals surface area contributed by atoms with Crippen LogP contribution in [0.25, 0.3) is 11.1 Å². The molecule has 4 atom stereocenters. The number of pyridine rings is 2. The molecule has 1 aliphatic heterocycles. The van der Waals surface area contributed by atoms with Crippen molar-refractivity contribution >= 4 is 46.9 Å². The highest BCUT2D eigenvalue weighted by molar-refractivity contribution is 6.37. The van der Waals surface area contributed by atoms with Crippen LogP contribution < -0.4 is 25.4 Å². The number of carboxylic acid groups (broad SMARTS) is 2. The molecule has 2 aromatic heterocycles. The Bertz CT molecular complexity index is 2000. The summed E-state index contributed by atoms with van der Waals surface area (Å²) in [7, 11) is 1.47. The van der Waals surface area contributed by atoms with Crippen LogP contribution in [0.15, 0.2) is 60.8 Å². The standard InChI is InChI=1S/C37H37Cl2N5O8/c1-51-35-21(16-40-18-22(45)15-30(46)47)14-28(38)36(44-35)52-29-11-10-24-23(6-2-7-25(24)29)26-8-3-9-27(31(26)39)34(48)43-33-19(5-4-12-41-33)13-20-17-42-32(20)37(49)50/h2-9,12,14,20,22,29,32,40,42,45H,10-11,13,15-18H2,1H3,(H,46,47)(H,49,50)(H,41,43,48)/t20?,22-,29-,32?/m0/s1. The Morgan fingerprint density at radius 3 is 2.56 bits per heavy atom. The molecule has 1 amide bonds. The largest absolute Gasteiger partial charge is 0.481 e. The minimum absolute atomic E-state index is 0.0598. The lowest BCUT2D eigenvalue weighted by Crippen LogP contribution is -2.58. The number of hydrogen-bond donors (Lipinski definition) is 6. The number of methoxy groups -OCH3 is 1. The van der Waals surface area contributed by atoms with E-state index in [9.17, 15) is 24.6 Å². The number of fused-ring (bicyclic) bond motifs is 1. The summed E-state index contributed by atoms with van der Waals surface area (Å²) in [5.41, 5.74) is 5.10. The number of halogens is 2. The zero-order valence-electron chi connectivity index (χ0n) is 28.1. The summed E-state index contributed by atoms with van der Waals surface area (Å²) in [4.78, 5) is 44.8. The van der Waals surface area contributed by atoms with E-state index in [0.29, 0.717) is 42.8 Å². The number of aliphatic carboxylic acids is 2. The summed E-state index contributed by atoms with van der Waals surface area (Å²) in [5, 5.41) is 37.5. The molecule has 2 aromatic carbocycles. The molecule has 4 aromatic rings. The fourth-order valence-electron chi connectivity index (χ4n) is 6.62. The van der Waals surface area contributed by atoms with Gasteiger partial charge in [0.1, 0.15) is 23.0 Å². The van der Waals surface area contributed by atoms with Crippen LogP contribution in [0.5, 0.6) is 11.8 Å². The fourth-order valence-corrected chi connectivity index (χ4v) is 7.15. The van der Waals surface area contributed by atoms with Gasteiger partial charge in [0.05, 0.1) is 30.2 Å². The second kappa shape index (κ2) is 16.3. The lowest BCUT2D eigenvalue weighted by atomic mass is 9.86. The number of carbonyl (C=O) groups excluding carboxylic acids is 1. The molecule has 52 heavy (non-hydrogen) atoms. The molecule has 0 spiro atoms. The van der Waals surface area contributed by atoms with Gasteiger partial charge in [-0.1, -0.05) is 59.6 Å². The molecule has 0 radical (unpaired) electrons. The molecule has 1 aliphatic carbocycles. The molecule has 15 heteroatoms. The van der Waals surface area contributed by atoms with E-state index in [4.69, 9.17) is 37.8 Å². The molecule has 6 N–H and O–H groups in total. The monoisotopic (exact) mass is 749 g/mol. The maximum absolute atomic E-state index is 13.6. The molecule has 13 nitrogen and oxygen atoms in total. The molecule has 272 valence electrons. The number of ether oxygens (including phenoxy) is 2. The van der Waals surface area contributed by atoms with Crippen LogP contribution in [0, 0.1) is 5.92 Å². The predicted octanol–water partition coefficient (Wildman–Crippen LogP) is 4.92. The number of aliphatic hydroxyl groups is 1. The van der Waals surface area contributed by atoms with E-state index in [2.05, 4.69) is 25.9 Å². The van der Waals surface area contributed by atoms with Crippen molar-refractivity contribution in [2.75, 3.05) is 25.5 Å². The average Bonchev–Trinajstić information content (AvgIpc) is 3.50. The molecule has 0 bridgehead atoms. The number of nitrogens with zero attached hydrogens (tertiary/aromatic N) is 2. The minimum atomic E-state index is -1.09. The SMILES string of the molecule is COc1nc(O[C@H]2CCc3c(-c4cccc(C(=O)Nc5ncccc5CC5CNC5C(=O)O)c4Cl)cccc32)c(Cl)cc1CNC[C@@H](O)CC(=O)O. The van der Waals surface area contributed by atoms with E-state index >= 15 is 0 Å². The first-order chi connectivity index (χ1) is 25.0. The van der Waals surface area contributed by atoms with Crippen molar-refractivity contribution < 1.29 is 39.2 Å². The Kier molecular flexibility index (Phi) is 11.6. The van der Waals surface area contributed by atoms with Crippen molar-refractivity contribution in [1.82, 2.24) is 20.6 Å². The van der Waals surface area contributed by atoms with Crippen molar-refractivity contribution in [3.05, 3.63) is 98.7 Å². The molecule has 1 saturated heterocycles. The van der Waals surface area contributed by atoms with Gasteiger partial charge in [-0.05, 0) is 59.7 Å². The van der Waals surface area contributed by atoms with Crippen LogP contribution in [-0.2, 0) is 29.0 Å². The van der Waals surface area contributed by atoms with Crippen LogP contribution in [-0.4, -0.2) is 75.5 Å². The number of anilines is 1. The number of aromatic nitrogens is 2. The topological polar surface area (TPSA) is 192 Å². The third-order valence-corrected chi connectivity index (χ3v) is 9.91. The summed E-state index contributed by atoms with van der Waals surface area (Å²) >= 11 is 13.6. The maximum Gasteiger partial charge on any atom is 0.321 e. The quantitative estimate of drug-likeness (QED) is 0.0963. The van der Waals surface area contributed by atoms with Gasteiger partial charge in [0, 0.05) is 42.9 Å². The Morgan fingerprint density at radius 1 is 1.04 bits per heavy atom. The normalized spacial score (nSPS) is 18.2. The number of aliphatic hydroxyl groups excluding tert-OH is 1. The van der Waals surface area contributed by atoms with Crippen molar-refractivity contribution in [3.63, 3.8) is 0 Å². The smallest absolute Gasteiger partial charge is 0.321 e. The Labute approximate surface area is 309 Å². The Hall–Kier alpha value is -4.79. The third-order valence-electron chi connectivity index (χ3n) is 9.23. The first-order valence-corrected chi connectivity index (χ1v) is 17.4. The van der Waals surface area contributed by atoms with Crippen molar-refractivity contribution in [2.24, 2.45) is 5.92 Å². The Balaban J connectivity index is 1.18. The number of amides is 1. The van der Waals surface area contributed by atoms with Gasteiger partial charge in [0.15, 0.2) is 0 Å². The lowest BCUT2D eigenvalue weighted by Gasteiger charge is -2.35. The molecule has 1 fully saturated rings. The van der Waals surface area contributed by atoms with E-state index < -0.39 is 30.0 Å².